The van der Waals surface area contributed by atoms with Crippen LogP contribution in [0.3, 0.4) is 0 Å². The van der Waals surface area contributed by atoms with Crippen LogP contribution in [0.1, 0.15) is 39.5 Å². The molecule has 2 fully saturated rings. The molecule has 0 aromatic rings. The van der Waals surface area contributed by atoms with Crippen LogP contribution in [0.5, 0.6) is 0 Å². The molecule has 2 rings (SSSR count). The summed E-state index contributed by atoms with van der Waals surface area (Å²) in [5.74, 6) is -6.03. The average molecular weight is 274 g/mol. The van der Waals surface area contributed by atoms with E-state index in [1.165, 1.54) is 0 Å². The van der Waals surface area contributed by atoms with Crippen LogP contribution in [0, 0.1) is 11.8 Å². The molecule has 2 aliphatic rings. The van der Waals surface area contributed by atoms with Gasteiger partial charge in [-0.15, -0.1) is 0 Å². The van der Waals surface area contributed by atoms with Crippen molar-refractivity contribution in [3.63, 3.8) is 0 Å². The Balaban J connectivity index is 1.81. The van der Waals surface area contributed by atoms with Crippen LogP contribution in [0.2, 0.25) is 0 Å². The van der Waals surface area contributed by atoms with Crippen LogP contribution in [0.4, 0.5) is 8.78 Å². The topological polar surface area (TPSA) is 58.2 Å². The maximum Gasteiger partial charge on any atom is 0.400 e. The molecule has 108 valence electrons. The van der Waals surface area contributed by atoms with E-state index in [4.69, 9.17) is 0 Å². The largest absolute Gasteiger partial charge is 0.400 e. The lowest BCUT2D eigenvalue weighted by Crippen LogP contribution is -2.58. The Bertz CT molecular complexity index is 341. The number of carbonyl (C=O) groups excluding carboxylic acids is 2. The highest BCUT2D eigenvalue weighted by molar-refractivity contribution is 6.06. The third-order valence-electron chi connectivity index (χ3n) is 3.99. The van der Waals surface area contributed by atoms with Crippen molar-refractivity contribution in [3.05, 3.63) is 0 Å². The van der Waals surface area contributed by atoms with Crippen LogP contribution >= 0.6 is 0 Å². The molecule has 2 aliphatic carbocycles. The van der Waals surface area contributed by atoms with Crippen LogP contribution in [0.15, 0.2) is 0 Å². The summed E-state index contributed by atoms with van der Waals surface area (Å²) in [7, 11) is 0. The van der Waals surface area contributed by atoms with Gasteiger partial charge < -0.3 is 10.6 Å². The number of hydrogen-bond acceptors (Lipinski definition) is 2. The van der Waals surface area contributed by atoms with Crippen molar-refractivity contribution < 1.29 is 18.4 Å². The molecule has 0 aromatic heterocycles. The fourth-order valence-electron chi connectivity index (χ4n) is 2.70. The molecule has 4 nitrogen and oxygen atoms in total. The average Bonchev–Trinajstić information content (AvgIpc) is 2.24. The first kappa shape index (κ1) is 14.2. The van der Waals surface area contributed by atoms with E-state index in [0.717, 1.165) is 0 Å². The summed E-state index contributed by atoms with van der Waals surface area (Å²) in [6.45, 7) is 3.98. The SMILES string of the molecule is CC1CC(NC(=O)C(F)(F)C(=O)NC2CC(C)C2)C1. The van der Waals surface area contributed by atoms with Gasteiger partial charge in [-0.1, -0.05) is 13.8 Å². The van der Waals surface area contributed by atoms with E-state index in [-0.39, 0.29) is 12.1 Å². The maximum atomic E-state index is 13.6. The van der Waals surface area contributed by atoms with Gasteiger partial charge in [0.15, 0.2) is 0 Å². The van der Waals surface area contributed by atoms with Gasteiger partial charge >= 0.3 is 17.7 Å². The normalized spacial score (nSPS) is 33.9. The van der Waals surface area contributed by atoms with Crippen molar-refractivity contribution in [2.24, 2.45) is 11.8 Å². The summed E-state index contributed by atoms with van der Waals surface area (Å²) in [6, 6.07) is -0.435. The van der Waals surface area contributed by atoms with Crippen molar-refractivity contribution in [2.45, 2.75) is 57.5 Å². The molecule has 0 aliphatic heterocycles. The molecule has 2 amide bonds. The molecular weight excluding hydrogens is 254 g/mol. The zero-order valence-electron chi connectivity index (χ0n) is 11.2. The fourth-order valence-corrected chi connectivity index (χ4v) is 2.70. The number of hydrogen-bond donors (Lipinski definition) is 2. The molecule has 0 saturated heterocycles. The van der Waals surface area contributed by atoms with E-state index in [9.17, 15) is 18.4 Å². The van der Waals surface area contributed by atoms with Gasteiger partial charge in [-0.2, -0.15) is 8.78 Å². The second kappa shape index (κ2) is 5.06. The molecule has 6 heteroatoms. The fraction of sp³-hybridized carbons (Fsp3) is 0.846. The molecule has 0 aromatic carbocycles. The molecule has 0 heterocycles. The Morgan fingerprint density at radius 3 is 1.47 bits per heavy atom. The molecule has 2 saturated carbocycles. The first-order valence-electron chi connectivity index (χ1n) is 6.78. The first-order valence-corrected chi connectivity index (χ1v) is 6.78. The lowest BCUT2D eigenvalue weighted by molar-refractivity contribution is -0.161. The molecule has 0 atom stereocenters. The van der Waals surface area contributed by atoms with Gasteiger partial charge in [0, 0.05) is 12.1 Å². The lowest BCUT2D eigenvalue weighted by atomic mass is 9.81. The Morgan fingerprint density at radius 1 is 0.895 bits per heavy atom. The molecule has 0 bridgehead atoms. The van der Waals surface area contributed by atoms with E-state index in [1.807, 2.05) is 13.8 Å². The highest BCUT2D eigenvalue weighted by Crippen LogP contribution is 2.29. The second-order valence-electron chi connectivity index (χ2n) is 6.07. The first-order chi connectivity index (χ1) is 8.79. The van der Waals surface area contributed by atoms with E-state index >= 15 is 0 Å². The Kier molecular flexibility index (Phi) is 3.78. The van der Waals surface area contributed by atoms with Crippen LogP contribution < -0.4 is 10.6 Å². The van der Waals surface area contributed by atoms with Crippen LogP contribution in [-0.4, -0.2) is 29.8 Å². The van der Waals surface area contributed by atoms with Gasteiger partial charge in [0.25, 0.3) is 0 Å². The van der Waals surface area contributed by atoms with Crippen molar-refractivity contribution in [2.75, 3.05) is 0 Å². The van der Waals surface area contributed by atoms with E-state index in [1.54, 1.807) is 0 Å². The summed E-state index contributed by atoms with van der Waals surface area (Å²) in [4.78, 5) is 22.9. The highest BCUT2D eigenvalue weighted by Gasteiger charge is 2.49. The van der Waals surface area contributed by atoms with Crippen molar-refractivity contribution in [1.82, 2.24) is 10.6 Å². The Labute approximate surface area is 111 Å². The molecule has 0 unspecified atom stereocenters. The number of carbonyl (C=O) groups is 2. The van der Waals surface area contributed by atoms with Gasteiger partial charge in [-0.3, -0.25) is 9.59 Å². The quantitative estimate of drug-likeness (QED) is 0.762. The van der Waals surface area contributed by atoms with E-state index in [2.05, 4.69) is 10.6 Å². The molecule has 19 heavy (non-hydrogen) atoms. The van der Waals surface area contributed by atoms with Gasteiger partial charge in [-0.25, -0.2) is 0 Å². The smallest absolute Gasteiger partial charge is 0.348 e. The van der Waals surface area contributed by atoms with Gasteiger partial charge in [0.2, 0.25) is 0 Å². The molecule has 0 radical (unpaired) electrons. The minimum absolute atomic E-state index is 0.218. The predicted molar refractivity (Wildman–Crippen MR) is 65.6 cm³/mol. The van der Waals surface area contributed by atoms with Gasteiger partial charge in [0.05, 0.1) is 0 Å². The number of nitrogens with one attached hydrogen (secondary N) is 2. The van der Waals surface area contributed by atoms with Crippen molar-refractivity contribution in [3.8, 4) is 0 Å². The lowest BCUT2D eigenvalue weighted by Gasteiger charge is -2.35. The number of amides is 2. The third-order valence-corrected chi connectivity index (χ3v) is 3.99. The minimum Gasteiger partial charge on any atom is -0.348 e. The summed E-state index contributed by atoms with van der Waals surface area (Å²) >= 11 is 0. The number of rotatable bonds is 4. The Hall–Kier alpha value is -1.20. The van der Waals surface area contributed by atoms with Crippen LogP contribution in [0.25, 0.3) is 0 Å². The monoisotopic (exact) mass is 274 g/mol. The van der Waals surface area contributed by atoms with Gasteiger partial charge in [0.1, 0.15) is 0 Å². The minimum atomic E-state index is -3.97. The van der Waals surface area contributed by atoms with Crippen molar-refractivity contribution in [1.29, 1.82) is 0 Å². The number of halogens is 2. The van der Waals surface area contributed by atoms with E-state index < -0.39 is 17.7 Å². The van der Waals surface area contributed by atoms with Gasteiger partial charge in [-0.05, 0) is 37.5 Å². The number of alkyl halides is 2. The predicted octanol–water partition coefficient (Wildman–Crippen LogP) is 1.45. The summed E-state index contributed by atoms with van der Waals surface area (Å²) in [5.41, 5.74) is 0. The Morgan fingerprint density at radius 2 is 1.21 bits per heavy atom. The maximum absolute atomic E-state index is 13.6. The zero-order valence-corrected chi connectivity index (χ0v) is 11.2. The third kappa shape index (κ3) is 3.04. The summed E-state index contributed by atoms with van der Waals surface area (Å²) < 4.78 is 27.2. The molecule has 2 N–H and O–H groups in total. The highest BCUT2D eigenvalue weighted by atomic mass is 19.3. The van der Waals surface area contributed by atoms with E-state index in [0.29, 0.717) is 37.5 Å². The van der Waals surface area contributed by atoms with Crippen LogP contribution in [-0.2, 0) is 9.59 Å². The second-order valence-corrected chi connectivity index (χ2v) is 6.07. The zero-order chi connectivity index (χ0) is 14.2. The molecule has 0 spiro atoms. The molecular formula is C13H20F2N2O2. The summed E-state index contributed by atoms with van der Waals surface area (Å²) in [6.07, 6.45) is 2.79. The summed E-state index contributed by atoms with van der Waals surface area (Å²) in [5, 5.41) is 4.47. The van der Waals surface area contributed by atoms with Crippen molar-refractivity contribution >= 4 is 11.8 Å². The standard InChI is InChI=1S/C13H20F2N2O2/c1-7-3-9(4-7)16-11(18)13(14,15)12(19)17-10-5-8(2)6-10/h7-10H,3-6H2,1-2H3,(H,16,18)(H,17,19).